The van der Waals surface area contributed by atoms with Crippen LogP contribution in [-0.2, 0) is 6.54 Å². The minimum Gasteiger partial charge on any atom is -0.414 e. The molecule has 28 heavy (non-hydrogen) atoms. The first-order valence-electron chi connectivity index (χ1n) is 8.44. The number of thioether (sulfide) groups is 1. The number of aryl methyl sites for hydroxylation is 2. The number of ketones is 1. The maximum Gasteiger partial charge on any atom is 0.277 e. The lowest BCUT2D eigenvalue weighted by molar-refractivity contribution is 0.102. The average molecular weight is 399 g/mol. The molecule has 0 radical (unpaired) electrons. The van der Waals surface area contributed by atoms with Gasteiger partial charge < -0.3 is 8.94 Å². The summed E-state index contributed by atoms with van der Waals surface area (Å²) >= 11 is 1.20. The Morgan fingerprint density at radius 2 is 2.07 bits per heavy atom. The monoisotopic (exact) mass is 399 g/mol. The molecule has 0 fully saturated rings. The van der Waals surface area contributed by atoms with Gasteiger partial charge in [-0.3, -0.25) is 9.36 Å². The Bertz CT molecular complexity index is 1110. The molecule has 0 spiro atoms. The second-order valence-electron chi connectivity index (χ2n) is 6.18. The van der Waals surface area contributed by atoms with Gasteiger partial charge in [0.2, 0.25) is 5.89 Å². The summed E-state index contributed by atoms with van der Waals surface area (Å²) in [7, 11) is 0. The van der Waals surface area contributed by atoms with Crippen molar-refractivity contribution in [2.45, 2.75) is 32.5 Å². The molecule has 0 aliphatic heterocycles. The Hall–Kier alpha value is -3.21. The highest BCUT2D eigenvalue weighted by atomic mass is 32.2. The summed E-state index contributed by atoms with van der Waals surface area (Å²) in [5, 5.41) is 16.3. The largest absolute Gasteiger partial charge is 0.414 e. The Labute approximate surface area is 163 Å². The maximum absolute atomic E-state index is 12.7. The van der Waals surface area contributed by atoms with Crippen LogP contribution in [0.25, 0.3) is 5.82 Å². The molecule has 4 rings (SSSR count). The van der Waals surface area contributed by atoms with Crippen LogP contribution in [0, 0.1) is 20.8 Å². The first-order valence-corrected chi connectivity index (χ1v) is 9.43. The highest BCUT2D eigenvalue weighted by molar-refractivity contribution is 7.99. The van der Waals surface area contributed by atoms with E-state index in [4.69, 9.17) is 8.94 Å². The van der Waals surface area contributed by atoms with Crippen LogP contribution >= 0.6 is 11.8 Å². The van der Waals surface area contributed by atoms with Crippen LogP contribution in [0.2, 0.25) is 0 Å². The van der Waals surface area contributed by atoms with Crippen LogP contribution < -0.4 is 0 Å². The zero-order valence-corrected chi connectivity index (χ0v) is 16.3. The summed E-state index contributed by atoms with van der Waals surface area (Å²) in [6.45, 7) is 5.97. The summed E-state index contributed by atoms with van der Waals surface area (Å²) in [6, 6.07) is 3.68. The summed E-state index contributed by atoms with van der Waals surface area (Å²) in [5.74, 6) is 1.94. The fourth-order valence-electron chi connectivity index (χ4n) is 2.87. The molecule has 0 amide bonds. The maximum atomic E-state index is 12.7. The minimum absolute atomic E-state index is 0.0272. The van der Waals surface area contributed by atoms with Gasteiger partial charge in [-0.25, -0.2) is 9.67 Å². The van der Waals surface area contributed by atoms with Crippen molar-refractivity contribution in [2.75, 3.05) is 5.75 Å². The highest BCUT2D eigenvalue weighted by Crippen LogP contribution is 2.24. The van der Waals surface area contributed by atoms with Crippen LogP contribution in [0.1, 0.15) is 33.4 Å². The van der Waals surface area contributed by atoms with Gasteiger partial charge >= 0.3 is 0 Å². The van der Waals surface area contributed by atoms with Crippen molar-refractivity contribution in [1.82, 2.24) is 34.7 Å². The van der Waals surface area contributed by atoms with Crippen molar-refractivity contribution in [1.29, 1.82) is 0 Å². The van der Waals surface area contributed by atoms with Gasteiger partial charge in [0, 0.05) is 23.0 Å². The Kier molecular flexibility index (Phi) is 4.82. The van der Waals surface area contributed by atoms with Gasteiger partial charge in [0.1, 0.15) is 25.0 Å². The van der Waals surface area contributed by atoms with Gasteiger partial charge in [0.15, 0.2) is 11.6 Å². The summed E-state index contributed by atoms with van der Waals surface area (Å²) < 4.78 is 14.2. The number of Topliss-reactive ketones (excluding diaryl/α,β-unsaturated/α-hetero) is 1. The van der Waals surface area contributed by atoms with E-state index in [1.54, 1.807) is 11.0 Å². The molecule has 4 aromatic rings. The number of rotatable bonds is 7. The number of nitrogens with zero attached hydrogens (tertiary/aromatic N) is 7. The molecule has 0 aromatic carbocycles. The average Bonchev–Trinajstić information content (AvgIpc) is 3.44. The number of carbonyl (C=O) groups is 1. The van der Waals surface area contributed by atoms with Crippen molar-refractivity contribution in [2.24, 2.45) is 0 Å². The van der Waals surface area contributed by atoms with E-state index in [0.717, 1.165) is 11.4 Å². The van der Waals surface area contributed by atoms with Gasteiger partial charge in [-0.1, -0.05) is 16.9 Å². The van der Waals surface area contributed by atoms with Crippen molar-refractivity contribution < 1.29 is 13.7 Å². The van der Waals surface area contributed by atoms with Crippen LogP contribution in [0.4, 0.5) is 0 Å². The molecule has 11 heteroatoms. The Morgan fingerprint density at radius 3 is 2.79 bits per heavy atom. The molecule has 0 unspecified atom stereocenters. The van der Waals surface area contributed by atoms with E-state index in [1.807, 2.05) is 37.5 Å². The molecular formula is C17H17N7O3S. The topological polar surface area (TPSA) is 118 Å². The number of hydrogen-bond donors (Lipinski definition) is 0. The van der Waals surface area contributed by atoms with Crippen LogP contribution in [0.3, 0.4) is 0 Å². The van der Waals surface area contributed by atoms with Gasteiger partial charge in [-0.15, -0.1) is 10.2 Å². The van der Waals surface area contributed by atoms with E-state index in [-0.39, 0.29) is 11.5 Å². The lowest BCUT2D eigenvalue weighted by atomic mass is 10.2. The standard InChI is InChI=1S/C17H17N7O3S/c1-10-4-13(12(3)24(10)15-5-11(2)27-22-15)14(25)7-28-17-21-20-16(26-17)6-23-9-18-8-19-23/h4-5,8-9H,6-7H2,1-3H3. The lowest BCUT2D eigenvalue weighted by Crippen LogP contribution is -2.05. The van der Waals surface area contributed by atoms with Crippen LogP contribution in [0.5, 0.6) is 0 Å². The molecule has 0 atom stereocenters. The number of hydrogen-bond acceptors (Lipinski definition) is 9. The van der Waals surface area contributed by atoms with Crippen molar-refractivity contribution in [3.8, 4) is 5.82 Å². The fraction of sp³-hybridized carbons (Fsp3) is 0.294. The highest BCUT2D eigenvalue weighted by Gasteiger charge is 2.19. The summed E-state index contributed by atoms with van der Waals surface area (Å²) in [6.07, 6.45) is 2.99. The zero-order chi connectivity index (χ0) is 19.7. The molecule has 4 aromatic heterocycles. The number of aromatic nitrogens is 7. The predicted molar refractivity (Wildman–Crippen MR) is 98.5 cm³/mol. The molecule has 4 heterocycles. The molecule has 0 N–H and O–H groups in total. The van der Waals surface area contributed by atoms with Gasteiger partial charge in [-0.2, -0.15) is 5.10 Å². The van der Waals surface area contributed by atoms with E-state index >= 15 is 0 Å². The van der Waals surface area contributed by atoms with Crippen molar-refractivity contribution in [3.05, 3.63) is 53.4 Å². The summed E-state index contributed by atoms with van der Waals surface area (Å²) in [4.78, 5) is 16.6. The Balaban J connectivity index is 1.44. The third kappa shape index (κ3) is 3.60. The van der Waals surface area contributed by atoms with E-state index in [0.29, 0.717) is 34.8 Å². The molecule has 0 saturated carbocycles. The normalized spacial score (nSPS) is 11.2. The first kappa shape index (κ1) is 18.2. The van der Waals surface area contributed by atoms with Crippen molar-refractivity contribution >= 4 is 17.5 Å². The Morgan fingerprint density at radius 1 is 1.21 bits per heavy atom. The minimum atomic E-state index is -0.0272. The third-order valence-electron chi connectivity index (χ3n) is 4.12. The van der Waals surface area contributed by atoms with E-state index in [1.165, 1.54) is 18.1 Å². The predicted octanol–water partition coefficient (Wildman–Crippen LogP) is 2.39. The van der Waals surface area contributed by atoms with Crippen molar-refractivity contribution in [3.63, 3.8) is 0 Å². The fourth-order valence-corrected chi connectivity index (χ4v) is 3.54. The molecule has 0 bridgehead atoms. The second kappa shape index (κ2) is 7.43. The summed E-state index contributed by atoms with van der Waals surface area (Å²) in [5.41, 5.74) is 2.36. The molecule has 0 aliphatic carbocycles. The number of carbonyl (C=O) groups excluding carboxylic acids is 1. The quantitative estimate of drug-likeness (QED) is 0.341. The molecule has 0 aliphatic rings. The van der Waals surface area contributed by atoms with Gasteiger partial charge in [-0.05, 0) is 26.8 Å². The van der Waals surface area contributed by atoms with Gasteiger partial charge in [0.05, 0.1) is 5.75 Å². The van der Waals surface area contributed by atoms with Crippen LogP contribution in [-0.4, -0.2) is 46.2 Å². The van der Waals surface area contributed by atoms with Crippen LogP contribution in [0.15, 0.2) is 39.0 Å². The molecule has 144 valence electrons. The van der Waals surface area contributed by atoms with Gasteiger partial charge in [0.25, 0.3) is 5.22 Å². The van der Waals surface area contributed by atoms with E-state index in [9.17, 15) is 4.79 Å². The smallest absolute Gasteiger partial charge is 0.277 e. The zero-order valence-electron chi connectivity index (χ0n) is 15.5. The second-order valence-corrected chi connectivity index (χ2v) is 7.11. The van der Waals surface area contributed by atoms with E-state index in [2.05, 4.69) is 25.4 Å². The van der Waals surface area contributed by atoms with E-state index < -0.39 is 0 Å². The third-order valence-corrected chi connectivity index (χ3v) is 4.93. The molecule has 10 nitrogen and oxygen atoms in total. The first-order chi connectivity index (χ1) is 13.5. The SMILES string of the molecule is Cc1cc(-n2c(C)cc(C(=O)CSc3nnc(Cn4cncn4)o3)c2C)no1. The molecular weight excluding hydrogens is 382 g/mol. The molecule has 0 saturated heterocycles. The lowest BCUT2D eigenvalue weighted by Gasteiger charge is -2.04.